The molecule has 0 N–H and O–H groups in total. The van der Waals surface area contributed by atoms with Crippen LogP contribution in [0.2, 0.25) is 5.02 Å². The third-order valence-corrected chi connectivity index (χ3v) is 5.65. The molecule has 0 saturated carbocycles. The number of aliphatic imine (C=N–C) groups is 1. The van der Waals surface area contributed by atoms with Crippen molar-refractivity contribution < 1.29 is 13.9 Å². The first-order valence-corrected chi connectivity index (χ1v) is 10.8. The van der Waals surface area contributed by atoms with Gasteiger partial charge in [-0.2, -0.15) is 0 Å². The normalized spacial score (nSPS) is 12.5. The van der Waals surface area contributed by atoms with Crippen LogP contribution in [0.4, 0.5) is 4.39 Å². The Hall–Kier alpha value is -3.55. The number of aromatic nitrogens is 3. The zero-order valence-electron chi connectivity index (χ0n) is 17.8. The summed E-state index contributed by atoms with van der Waals surface area (Å²) in [5.74, 6) is 1.73. The van der Waals surface area contributed by atoms with E-state index >= 15 is 0 Å². The highest BCUT2D eigenvalue weighted by atomic mass is 35.5. The fourth-order valence-corrected chi connectivity index (χ4v) is 3.99. The average molecular weight is 463 g/mol. The summed E-state index contributed by atoms with van der Waals surface area (Å²) in [5, 5.41) is 9.18. The third kappa shape index (κ3) is 4.25. The minimum atomic E-state index is -0.345. The fourth-order valence-electron chi connectivity index (χ4n) is 3.82. The van der Waals surface area contributed by atoms with Crippen molar-refractivity contribution in [1.82, 2.24) is 14.8 Å². The minimum Gasteiger partial charge on any atom is -0.497 e. The van der Waals surface area contributed by atoms with Crippen LogP contribution in [0.25, 0.3) is 5.69 Å². The van der Waals surface area contributed by atoms with E-state index in [4.69, 9.17) is 21.1 Å². The molecular formula is C25H20ClFN4O2. The Bertz CT molecular complexity index is 1330. The zero-order valence-corrected chi connectivity index (χ0v) is 18.6. The van der Waals surface area contributed by atoms with Gasteiger partial charge in [-0.15, -0.1) is 10.2 Å². The number of fused-ring (bicyclic) bond motifs is 3. The second-order valence-electron chi connectivity index (χ2n) is 7.51. The number of halogens is 2. The second-order valence-corrected chi connectivity index (χ2v) is 7.95. The zero-order chi connectivity index (χ0) is 22.8. The summed E-state index contributed by atoms with van der Waals surface area (Å²) < 4.78 is 27.7. The standard InChI is InChI=1S/C25H20ClFN4O2/c1-32-18-9-6-16(7-10-18)14-33-15-24-30-29-23-13-28-25(19-4-2-3-5-21(19)27)20-12-17(26)8-11-22(20)31(23)24/h2-12H,13-15H2,1H3. The van der Waals surface area contributed by atoms with Crippen LogP contribution in [0.15, 0.2) is 71.7 Å². The molecule has 1 aromatic heterocycles. The quantitative estimate of drug-likeness (QED) is 0.398. The van der Waals surface area contributed by atoms with Gasteiger partial charge in [-0.25, -0.2) is 4.39 Å². The second kappa shape index (κ2) is 9.13. The van der Waals surface area contributed by atoms with Gasteiger partial charge in [0.05, 0.1) is 25.1 Å². The molecule has 8 heteroatoms. The molecule has 0 spiro atoms. The van der Waals surface area contributed by atoms with Crippen LogP contribution in [-0.4, -0.2) is 27.6 Å². The van der Waals surface area contributed by atoms with Gasteiger partial charge in [-0.1, -0.05) is 35.9 Å². The molecule has 5 rings (SSSR count). The summed E-state index contributed by atoms with van der Waals surface area (Å²) in [6, 6.07) is 19.7. The number of nitrogens with zero attached hydrogens (tertiary/aromatic N) is 4. The fraction of sp³-hybridized carbons (Fsp3) is 0.160. The maximum absolute atomic E-state index is 14.6. The maximum Gasteiger partial charge on any atom is 0.163 e. The summed E-state index contributed by atoms with van der Waals surface area (Å²) in [6.45, 7) is 0.911. The van der Waals surface area contributed by atoms with E-state index in [-0.39, 0.29) is 19.0 Å². The molecule has 0 aliphatic carbocycles. The van der Waals surface area contributed by atoms with E-state index in [9.17, 15) is 4.39 Å². The van der Waals surface area contributed by atoms with Crippen LogP contribution in [0.5, 0.6) is 5.75 Å². The third-order valence-electron chi connectivity index (χ3n) is 5.42. The van der Waals surface area contributed by atoms with Gasteiger partial charge in [-0.3, -0.25) is 9.56 Å². The predicted octanol–water partition coefficient (Wildman–Crippen LogP) is 5.14. The van der Waals surface area contributed by atoms with Crippen LogP contribution >= 0.6 is 11.6 Å². The number of ether oxygens (including phenoxy) is 2. The Morgan fingerprint density at radius 3 is 2.58 bits per heavy atom. The lowest BCUT2D eigenvalue weighted by Crippen LogP contribution is -2.11. The van der Waals surface area contributed by atoms with Crippen molar-refractivity contribution in [3.05, 3.63) is 106 Å². The van der Waals surface area contributed by atoms with Gasteiger partial charge < -0.3 is 9.47 Å². The molecular weight excluding hydrogens is 443 g/mol. The molecule has 0 bridgehead atoms. The van der Waals surface area contributed by atoms with Gasteiger partial charge in [0.15, 0.2) is 11.6 Å². The predicted molar refractivity (Wildman–Crippen MR) is 124 cm³/mol. The summed E-state index contributed by atoms with van der Waals surface area (Å²) in [6.07, 6.45) is 0. The number of hydrogen-bond acceptors (Lipinski definition) is 5. The van der Waals surface area contributed by atoms with E-state index in [1.165, 1.54) is 6.07 Å². The Kier molecular flexibility index (Phi) is 5.90. The Morgan fingerprint density at radius 2 is 1.79 bits per heavy atom. The summed E-state index contributed by atoms with van der Waals surface area (Å²) in [4.78, 5) is 4.68. The first-order chi connectivity index (χ1) is 16.1. The van der Waals surface area contributed by atoms with Crippen molar-refractivity contribution in [2.45, 2.75) is 19.8 Å². The van der Waals surface area contributed by atoms with Crippen LogP contribution in [0, 0.1) is 5.82 Å². The highest BCUT2D eigenvalue weighted by Crippen LogP contribution is 2.29. The molecule has 0 saturated heterocycles. The van der Waals surface area contributed by atoms with Crippen molar-refractivity contribution in [2.24, 2.45) is 4.99 Å². The molecule has 2 heterocycles. The molecule has 0 radical (unpaired) electrons. The molecule has 0 fully saturated rings. The topological polar surface area (TPSA) is 61.5 Å². The van der Waals surface area contributed by atoms with E-state index in [0.29, 0.717) is 40.1 Å². The highest BCUT2D eigenvalue weighted by molar-refractivity contribution is 6.31. The maximum atomic E-state index is 14.6. The van der Waals surface area contributed by atoms with E-state index in [1.807, 2.05) is 34.9 Å². The van der Waals surface area contributed by atoms with Gasteiger partial charge in [0, 0.05) is 16.1 Å². The van der Waals surface area contributed by atoms with E-state index < -0.39 is 0 Å². The van der Waals surface area contributed by atoms with Crippen molar-refractivity contribution in [3.63, 3.8) is 0 Å². The van der Waals surface area contributed by atoms with Crippen molar-refractivity contribution in [2.75, 3.05) is 7.11 Å². The highest BCUT2D eigenvalue weighted by Gasteiger charge is 2.24. The molecule has 33 heavy (non-hydrogen) atoms. The first-order valence-electron chi connectivity index (χ1n) is 10.4. The van der Waals surface area contributed by atoms with Gasteiger partial charge in [0.25, 0.3) is 0 Å². The minimum absolute atomic E-state index is 0.246. The number of methoxy groups -OCH3 is 1. The molecule has 1 aliphatic heterocycles. The molecule has 166 valence electrons. The average Bonchev–Trinajstić information content (AvgIpc) is 3.16. The molecule has 6 nitrogen and oxygen atoms in total. The van der Waals surface area contributed by atoms with E-state index in [1.54, 1.807) is 37.4 Å². The molecule has 4 aromatic rings. The van der Waals surface area contributed by atoms with Crippen molar-refractivity contribution in [3.8, 4) is 11.4 Å². The number of hydrogen-bond donors (Lipinski definition) is 0. The van der Waals surface area contributed by atoms with Crippen molar-refractivity contribution >= 4 is 17.3 Å². The lowest BCUT2D eigenvalue weighted by Gasteiger charge is -2.14. The van der Waals surface area contributed by atoms with Gasteiger partial charge in [0.2, 0.25) is 0 Å². The van der Waals surface area contributed by atoms with Crippen LogP contribution in [-0.2, 0) is 24.5 Å². The number of rotatable bonds is 6. The van der Waals surface area contributed by atoms with Crippen LogP contribution < -0.4 is 4.74 Å². The first kappa shape index (κ1) is 21.3. The Balaban J connectivity index is 1.46. The Labute approximate surface area is 195 Å². The monoisotopic (exact) mass is 462 g/mol. The Morgan fingerprint density at radius 1 is 0.970 bits per heavy atom. The SMILES string of the molecule is COc1ccc(COCc2nnc3n2-c2ccc(Cl)cc2C(c2ccccc2F)=NC3)cc1. The summed E-state index contributed by atoms with van der Waals surface area (Å²) >= 11 is 6.31. The van der Waals surface area contributed by atoms with Gasteiger partial charge in [-0.05, 0) is 48.0 Å². The largest absolute Gasteiger partial charge is 0.497 e. The summed E-state index contributed by atoms with van der Waals surface area (Å²) in [5.41, 5.74) is 3.45. The van der Waals surface area contributed by atoms with E-state index in [2.05, 4.69) is 15.2 Å². The van der Waals surface area contributed by atoms with Gasteiger partial charge >= 0.3 is 0 Å². The number of benzene rings is 3. The summed E-state index contributed by atoms with van der Waals surface area (Å²) in [7, 11) is 1.63. The van der Waals surface area contributed by atoms with Crippen LogP contribution in [0.3, 0.4) is 0 Å². The van der Waals surface area contributed by atoms with Crippen LogP contribution in [0.1, 0.15) is 28.3 Å². The molecule has 0 atom stereocenters. The molecule has 0 amide bonds. The lowest BCUT2D eigenvalue weighted by atomic mass is 10.00. The smallest absolute Gasteiger partial charge is 0.163 e. The van der Waals surface area contributed by atoms with E-state index in [0.717, 1.165) is 17.0 Å². The molecule has 1 aliphatic rings. The molecule has 0 unspecified atom stereocenters. The lowest BCUT2D eigenvalue weighted by molar-refractivity contribution is 0.100. The molecule has 3 aromatic carbocycles. The van der Waals surface area contributed by atoms with Crippen molar-refractivity contribution in [1.29, 1.82) is 0 Å². The van der Waals surface area contributed by atoms with Gasteiger partial charge in [0.1, 0.15) is 24.7 Å².